The molecule has 1 saturated heterocycles. The number of rotatable bonds is 8. The quantitative estimate of drug-likeness (QED) is 0.275. The number of piperidine rings is 1. The monoisotopic (exact) mass is 596 g/mol. The highest BCUT2D eigenvalue weighted by Crippen LogP contribution is 2.51. The SMILES string of the molecule is COc1cc(N2CCC3(CC2)CC(N(C)C)C3)ccc1Nc1ncc(Cl)c(Nc2cc(C)c(C)cc2P(C)(C)=O)n1. The van der Waals surface area contributed by atoms with E-state index in [4.69, 9.17) is 16.3 Å². The Morgan fingerprint density at radius 3 is 2.37 bits per heavy atom. The molecule has 2 aromatic carbocycles. The molecule has 0 atom stereocenters. The maximum absolute atomic E-state index is 13.0. The molecule has 1 saturated carbocycles. The molecule has 41 heavy (non-hydrogen) atoms. The fraction of sp³-hybridized carbons (Fsp3) is 0.484. The Labute approximate surface area is 249 Å². The van der Waals surface area contributed by atoms with Gasteiger partial charge in [-0.1, -0.05) is 11.6 Å². The Bertz CT molecular complexity index is 1470. The van der Waals surface area contributed by atoms with E-state index in [0.29, 0.717) is 22.2 Å². The molecular weight excluding hydrogens is 555 g/mol. The maximum Gasteiger partial charge on any atom is 0.229 e. The minimum atomic E-state index is -2.55. The standard InChI is InChI=1S/C31H42ClN6O2P/c1-20-14-26(28(15-21(20)2)41(6,7)39)34-29-24(32)19-33-30(36-29)35-25-9-8-22(16-27(25)40-5)38-12-10-31(11-13-38)17-23(18-31)37(3)4/h8-9,14-16,19,23H,10-13,17-18H2,1-7H3,(H2,33,34,35,36). The number of methoxy groups -OCH3 is 1. The molecule has 2 N–H and O–H groups in total. The summed E-state index contributed by atoms with van der Waals surface area (Å²) in [6.07, 6.45) is 6.67. The highest BCUT2D eigenvalue weighted by Gasteiger charge is 2.46. The van der Waals surface area contributed by atoms with Crippen LogP contribution in [0.25, 0.3) is 0 Å². The van der Waals surface area contributed by atoms with Gasteiger partial charge in [0.15, 0.2) is 5.82 Å². The van der Waals surface area contributed by atoms with Crippen molar-refractivity contribution in [1.29, 1.82) is 0 Å². The molecule has 10 heteroatoms. The summed E-state index contributed by atoms with van der Waals surface area (Å²) in [6.45, 7) is 9.71. The molecule has 0 radical (unpaired) electrons. The largest absolute Gasteiger partial charge is 0.494 e. The predicted molar refractivity (Wildman–Crippen MR) is 172 cm³/mol. The van der Waals surface area contributed by atoms with E-state index in [2.05, 4.69) is 56.6 Å². The number of aromatic nitrogens is 2. The van der Waals surface area contributed by atoms with Gasteiger partial charge in [0.05, 0.1) is 24.7 Å². The van der Waals surface area contributed by atoms with E-state index in [-0.39, 0.29) is 0 Å². The number of anilines is 5. The summed E-state index contributed by atoms with van der Waals surface area (Å²) in [5.74, 6) is 1.54. The number of ether oxygens (including phenoxy) is 1. The van der Waals surface area contributed by atoms with Gasteiger partial charge in [-0.05, 0) is 108 Å². The first-order valence-corrected chi connectivity index (χ1v) is 17.2. The van der Waals surface area contributed by atoms with Crippen molar-refractivity contribution in [1.82, 2.24) is 14.9 Å². The van der Waals surface area contributed by atoms with Gasteiger partial charge in [-0.25, -0.2) is 4.98 Å². The van der Waals surface area contributed by atoms with Crippen LogP contribution in [0, 0.1) is 19.3 Å². The Morgan fingerprint density at radius 2 is 1.73 bits per heavy atom. The van der Waals surface area contributed by atoms with Crippen molar-refractivity contribution in [2.75, 3.05) is 63.2 Å². The summed E-state index contributed by atoms with van der Waals surface area (Å²) in [6, 6.07) is 10.9. The number of nitrogens with zero attached hydrogens (tertiary/aromatic N) is 4. The van der Waals surface area contributed by atoms with Crippen LogP contribution < -0.4 is 25.6 Å². The van der Waals surface area contributed by atoms with Crippen LogP contribution in [0.3, 0.4) is 0 Å². The Balaban J connectivity index is 1.31. The normalized spacial score (nSPS) is 17.0. The Kier molecular flexibility index (Phi) is 8.30. The molecule has 1 aliphatic heterocycles. The van der Waals surface area contributed by atoms with Crippen LogP contribution in [0.2, 0.25) is 5.02 Å². The minimum absolute atomic E-state index is 0.371. The number of nitrogens with one attached hydrogen (secondary N) is 2. The molecule has 0 unspecified atom stereocenters. The lowest BCUT2D eigenvalue weighted by atomic mass is 9.60. The topological polar surface area (TPSA) is 82.6 Å². The summed E-state index contributed by atoms with van der Waals surface area (Å²) in [5.41, 5.74) is 5.37. The molecule has 220 valence electrons. The molecule has 0 bridgehead atoms. The molecular formula is C31H42ClN6O2P. The zero-order valence-corrected chi connectivity index (χ0v) is 26.9. The van der Waals surface area contributed by atoms with Crippen LogP contribution in [0.4, 0.5) is 28.8 Å². The van der Waals surface area contributed by atoms with Crippen LogP contribution >= 0.6 is 18.7 Å². The van der Waals surface area contributed by atoms with Crippen molar-refractivity contribution in [3.05, 3.63) is 52.7 Å². The Morgan fingerprint density at radius 1 is 1.05 bits per heavy atom. The number of benzene rings is 2. The zero-order valence-electron chi connectivity index (χ0n) is 25.2. The third-order valence-electron chi connectivity index (χ3n) is 8.88. The number of aryl methyl sites for hydroxylation is 2. The predicted octanol–water partition coefficient (Wildman–Crippen LogP) is 6.80. The third-order valence-corrected chi connectivity index (χ3v) is 10.7. The maximum atomic E-state index is 13.0. The van der Waals surface area contributed by atoms with Gasteiger partial charge in [-0.15, -0.1) is 0 Å². The van der Waals surface area contributed by atoms with Crippen LogP contribution in [0.5, 0.6) is 5.75 Å². The van der Waals surface area contributed by atoms with E-state index in [1.54, 1.807) is 26.6 Å². The van der Waals surface area contributed by atoms with Gasteiger partial charge in [-0.3, -0.25) is 0 Å². The second kappa shape index (κ2) is 11.5. The lowest BCUT2D eigenvalue weighted by molar-refractivity contribution is 0.00490. The van der Waals surface area contributed by atoms with Gasteiger partial charge in [0.2, 0.25) is 5.95 Å². The molecule has 1 aromatic heterocycles. The molecule has 2 aliphatic rings. The Hall–Kier alpha value is -2.80. The first kappa shape index (κ1) is 29.7. The second-order valence-electron chi connectivity index (χ2n) is 12.3. The van der Waals surface area contributed by atoms with Crippen LogP contribution in [-0.2, 0) is 4.57 Å². The third kappa shape index (κ3) is 6.35. The summed E-state index contributed by atoms with van der Waals surface area (Å²) in [5, 5.41) is 7.74. The highest BCUT2D eigenvalue weighted by molar-refractivity contribution is 7.70. The van der Waals surface area contributed by atoms with E-state index in [1.807, 2.05) is 32.0 Å². The minimum Gasteiger partial charge on any atom is -0.494 e. The summed E-state index contributed by atoms with van der Waals surface area (Å²) in [4.78, 5) is 13.9. The lowest BCUT2D eigenvalue weighted by Gasteiger charge is -2.54. The molecule has 1 aliphatic carbocycles. The zero-order chi connectivity index (χ0) is 29.5. The summed E-state index contributed by atoms with van der Waals surface area (Å²) in [7, 11) is 3.51. The summed E-state index contributed by atoms with van der Waals surface area (Å²) < 4.78 is 18.8. The number of hydrogen-bond acceptors (Lipinski definition) is 8. The number of hydrogen-bond donors (Lipinski definition) is 2. The van der Waals surface area contributed by atoms with Crippen LogP contribution in [-0.4, -0.2) is 68.5 Å². The first-order valence-electron chi connectivity index (χ1n) is 14.2. The second-order valence-corrected chi connectivity index (χ2v) is 15.9. The molecule has 3 aromatic rings. The molecule has 2 fully saturated rings. The van der Waals surface area contributed by atoms with Crippen molar-refractivity contribution in [2.45, 2.75) is 45.6 Å². The fourth-order valence-corrected chi connectivity index (χ4v) is 7.39. The number of halogens is 1. The van der Waals surface area contributed by atoms with Crippen molar-refractivity contribution in [3.8, 4) is 5.75 Å². The molecule has 5 rings (SSSR count). The van der Waals surface area contributed by atoms with Crippen molar-refractivity contribution in [3.63, 3.8) is 0 Å². The van der Waals surface area contributed by atoms with E-state index < -0.39 is 7.14 Å². The molecule has 8 nitrogen and oxygen atoms in total. The fourth-order valence-electron chi connectivity index (χ4n) is 6.04. The lowest BCUT2D eigenvalue weighted by Crippen LogP contribution is -2.53. The van der Waals surface area contributed by atoms with Gasteiger partial charge in [0, 0.05) is 36.2 Å². The van der Waals surface area contributed by atoms with Gasteiger partial charge >= 0.3 is 0 Å². The van der Waals surface area contributed by atoms with Crippen LogP contribution in [0.1, 0.15) is 36.8 Å². The first-order chi connectivity index (χ1) is 19.4. The smallest absolute Gasteiger partial charge is 0.229 e. The molecule has 2 heterocycles. The van der Waals surface area contributed by atoms with Crippen molar-refractivity contribution in [2.24, 2.45) is 5.41 Å². The van der Waals surface area contributed by atoms with E-state index in [9.17, 15) is 4.57 Å². The van der Waals surface area contributed by atoms with Gasteiger partial charge in [-0.2, -0.15) is 4.98 Å². The van der Waals surface area contributed by atoms with Gasteiger partial charge in [0.1, 0.15) is 17.9 Å². The molecule has 0 amide bonds. The average Bonchev–Trinajstić information content (AvgIpc) is 2.90. The summed E-state index contributed by atoms with van der Waals surface area (Å²) >= 11 is 6.49. The highest BCUT2D eigenvalue weighted by atomic mass is 35.5. The van der Waals surface area contributed by atoms with Crippen molar-refractivity contribution >= 4 is 52.9 Å². The van der Waals surface area contributed by atoms with E-state index in [0.717, 1.165) is 58.4 Å². The van der Waals surface area contributed by atoms with Gasteiger partial charge < -0.3 is 29.7 Å². The van der Waals surface area contributed by atoms with Gasteiger partial charge in [0.25, 0.3) is 0 Å². The van der Waals surface area contributed by atoms with Crippen molar-refractivity contribution < 1.29 is 9.30 Å². The van der Waals surface area contributed by atoms with E-state index >= 15 is 0 Å². The molecule has 1 spiro atoms. The van der Waals surface area contributed by atoms with Crippen LogP contribution in [0.15, 0.2) is 36.5 Å². The van der Waals surface area contributed by atoms with E-state index in [1.165, 1.54) is 25.7 Å². The average molecular weight is 597 g/mol.